The molecule has 2 N–H and O–H groups in total. The molecule has 0 atom stereocenters. The van der Waals surface area contributed by atoms with Crippen molar-refractivity contribution in [1.29, 1.82) is 0 Å². The monoisotopic (exact) mass is 225 g/mol. The molecule has 0 bridgehead atoms. The van der Waals surface area contributed by atoms with Crippen LogP contribution in [0.3, 0.4) is 0 Å². The molecule has 1 aromatic carbocycles. The second-order valence-electron chi connectivity index (χ2n) is 3.02. The quantitative estimate of drug-likeness (QED) is 0.828. The van der Waals surface area contributed by atoms with Gasteiger partial charge >= 0.3 is 5.97 Å². The van der Waals surface area contributed by atoms with Gasteiger partial charge in [0.2, 0.25) is 0 Å². The van der Waals surface area contributed by atoms with Crippen LogP contribution >= 0.6 is 11.6 Å². The van der Waals surface area contributed by atoms with Gasteiger partial charge in [0.15, 0.2) is 0 Å². The molecule has 1 rings (SSSR count). The van der Waals surface area contributed by atoms with Gasteiger partial charge in [-0.2, -0.15) is 0 Å². The van der Waals surface area contributed by atoms with Crippen molar-refractivity contribution in [2.45, 2.75) is 6.92 Å². The smallest absolute Gasteiger partial charge is 0.337 e. The molecule has 0 aliphatic heterocycles. The Balaban J connectivity index is 2.76. The number of benzene rings is 1. The molecule has 0 amide bonds. The minimum absolute atomic E-state index is 0.262. The Bertz CT molecular complexity index is 384. The van der Waals surface area contributed by atoms with Crippen molar-refractivity contribution in [3.8, 4) is 0 Å². The number of allylic oxidation sites excluding steroid dienone is 1. The number of aromatic carboxylic acids is 1. The Morgan fingerprint density at radius 1 is 1.53 bits per heavy atom. The summed E-state index contributed by atoms with van der Waals surface area (Å²) in [6.07, 6.45) is 1.78. The topological polar surface area (TPSA) is 49.3 Å². The van der Waals surface area contributed by atoms with E-state index in [4.69, 9.17) is 16.7 Å². The molecule has 0 unspecified atom stereocenters. The van der Waals surface area contributed by atoms with E-state index in [9.17, 15) is 4.79 Å². The first-order chi connectivity index (χ1) is 7.11. The summed E-state index contributed by atoms with van der Waals surface area (Å²) in [4.78, 5) is 10.8. The maximum absolute atomic E-state index is 10.8. The fourth-order valence-corrected chi connectivity index (χ4v) is 1.20. The highest BCUT2D eigenvalue weighted by molar-refractivity contribution is 6.29. The predicted molar refractivity (Wildman–Crippen MR) is 61.5 cm³/mol. The molecule has 0 saturated heterocycles. The third-order valence-electron chi connectivity index (χ3n) is 1.83. The van der Waals surface area contributed by atoms with Crippen LogP contribution in [0.4, 0.5) is 5.69 Å². The number of anilines is 1. The van der Waals surface area contributed by atoms with E-state index in [0.717, 1.165) is 0 Å². The Hall–Kier alpha value is -1.48. The third kappa shape index (κ3) is 3.64. The summed E-state index contributed by atoms with van der Waals surface area (Å²) in [5.74, 6) is -0.940. The number of hydrogen-bond acceptors (Lipinski definition) is 2. The Morgan fingerprint density at radius 3 is 2.80 bits per heavy atom. The van der Waals surface area contributed by atoms with E-state index >= 15 is 0 Å². The average Bonchev–Trinajstić information content (AvgIpc) is 2.17. The fraction of sp³-hybridized carbons (Fsp3) is 0.182. The van der Waals surface area contributed by atoms with Crippen molar-refractivity contribution >= 4 is 23.3 Å². The zero-order valence-corrected chi connectivity index (χ0v) is 9.08. The van der Waals surface area contributed by atoms with Gasteiger partial charge in [-0.1, -0.05) is 29.8 Å². The molecule has 1 aromatic rings. The minimum Gasteiger partial charge on any atom is -0.478 e. The van der Waals surface area contributed by atoms with Gasteiger partial charge in [0.25, 0.3) is 0 Å². The van der Waals surface area contributed by atoms with Gasteiger partial charge < -0.3 is 10.4 Å². The zero-order valence-electron chi connectivity index (χ0n) is 8.33. The second-order valence-corrected chi connectivity index (χ2v) is 3.62. The van der Waals surface area contributed by atoms with E-state index in [0.29, 0.717) is 17.3 Å². The van der Waals surface area contributed by atoms with Crippen molar-refractivity contribution in [3.63, 3.8) is 0 Å². The lowest BCUT2D eigenvalue weighted by Crippen LogP contribution is -2.05. The number of carboxylic acid groups (broad SMARTS) is 1. The molecule has 0 fully saturated rings. The average molecular weight is 226 g/mol. The van der Waals surface area contributed by atoms with Gasteiger partial charge in [0, 0.05) is 17.3 Å². The van der Waals surface area contributed by atoms with Crippen molar-refractivity contribution in [2.75, 3.05) is 11.9 Å². The summed E-state index contributed by atoms with van der Waals surface area (Å²) in [5, 5.41) is 12.6. The highest BCUT2D eigenvalue weighted by Crippen LogP contribution is 2.14. The zero-order chi connectivity index (χ0) is 11.3. The molecule has 0 saturated carbocycles. The molecule has 80 valence electrons. The largest absolute Gasteiger partial charge is 0.478 e. The summed E-state index contributed by atoms with van der Waals surface area (Å²) in [6, 6.07) is 6.76. The molecule has 0 radical (unpaired) electrons. The Morgan fingerprint density at radius 2 is 2.20 bits per heavy atom. The molecule has 0 aliphatic carbocycles. The lowest BCUT2D eigenvalue weighted by Gasteiger charge is -2.06. The van der Waals surface area contributed by atoms with Crippen molar-refractivity contribution in [2.24, 2.45) is 0 Å². The number of rotatable bonds is 4. The van der Waals surface area contributed by atoms with Crippen LogP contribution < -0.4 is 5.32 Å². The summed E-state index contributed by atoms with van der Waals surface area (Å²) < 4.78 is 0. The van der Waals surface area contributed by atoms with Gasteiger partial charge in [-0.25, -0.2) is 4.79 Å². The van der Waals surface area contributed by atoms with Crippen molar-refractivity contribution < 1.29 is 9.90 Å². The highest BCUT2D eigenvalue weighted by Gasteiger charge is 2.07. The summed E-state index contributed by atoms with van der Waals surface area (Å²) in [5.41, 5.74) is 0.859. The molecular formula is C11H12ClNO2. The van der Waals surface area contributed by atoms with Crippen molar-refractivity contribution in [3.05, 3.63) is 40.9 Å². The van der Waals surface area contributed by atoms with Crippen LogP contribution in [-0.2, 0) is 0 Å². The van der Waals surface area contributed by atoms with E-state index < -0.39 is 5.97 Å². The third-order valence-corrected chi connectivity index (χ3v) is 1.99. The first kappa shape index (κ1) is 11.6. The van der Waals surface area contributed by atoms with Gasteiger partial charge in [0.1, 0.15) is 0 Å². The summed E-state index contributed by atoms with van der Waals surface area (Å²) in [6.45, 7) is 2.28. The number of nitrogens with one attached hydrogen (secondary N) is 1. The number of carbonyl (C=O) groups is 1. The molecule has 0 spiro atoms. The van der Waals surface area contributed by atoms with Gasteiger partial charge in [0.05, 0.1) is 5.56 Å². The van der Waals surface area contributed by atoms with E-state index in [-0.39, 0.29) is 5.56 Å². The predicted octanol–water partition coefficient (Wildman–Crippen LogP) is 2.94. The summed E-state index contributed by atoms with van der Waals surface area (Å²) >= 11 is 5.65. The van der Waals surface area contributed by atoms with E-state index in [2.05, 4.69) is 5.32 Å². The van der Waals surface area contributed by atoms with Crippen LogP contribution in [-0.4, -0.2) is 17.6 Å². The normalized spacial score (nSPS) is 11.2. The SMILES string of the molecule is C/C(Cl)=C/CNc1ccccc1C(=O)O. The van der Waals surface area contributed by atoms with Crippen LogP contribution in [0.25, 0.3) is 0 Å². The summed E-state index contributed by atoms with van der Waals surface area (Å²) in [7, 11) is 0. The van der Waals surface area contributed by atoms with Crippen LogP contribution in [0.2, 0.25) is 0 Å². The molecule has 4 heteroatoms. The molecule has 15 heavy (non-hydrogen) atoms. The first-order valence-corrected chi connectivity index (χ1v) is 4.87. The number of halogens is 1. The number of hydrogen-bond donors (Lipinski definition) is 2. The number of para-hydroxylation sites is 1. The lowest BCUT2D eigenvalue weighted by molar-refractivity contribution is 0.0698. The number of carboxylic acids is 1. The van der Waals surface area contributed by atoms with E-state index in [1.807, 2.05) is 0 Å². The fourth-order valence-electron chi connectivity index (χ4n) is 1.13. The van der Waals surface area contributed by atoms with Crippen molar-refractivity contribution in [1.82, 2.24) is 0 Å². The van der Waals surface area contributed by atoms with Gasteiger partial charge in [-0.3, -0.25) is 0 Å². The van der Waals surface area contributed by atoms with Crippen LogP contribution in [0.1, 0.15) is 17.3 Å². The van der Waals surface area contributed by atoms with Crippen LogP contribution in [0.5, 0.6) is 0 Å². The minimum atomic E-state index is -0.940. The molecule has 0 heterocycles. The molecule has 0 aromatic heterocycles. The maximum atomic E-state index is 10.8. The molecule has 3 nitrogen and oxygen atoms in total. The molecular weight excluding hydrogens is 214 g/mol. The van der Waals surface area contributed by atoms with E-state index in [1.165, 1.54) is 0 Å². The lowest BCUT2D eigenvalue weighted by atomic mass is 10.2. The van der Waals surface area contributed by atoms with Crippen LogP contribution in [0.15, 0.2) is 35.4 Å². The Kier molecular flexibility index (Phi) is 4.18. The first-order valence-electron chi connectivity index (χ1n) is 4.49. The van der Waals surface area contributed by atoms with Gasteiger partial charge in [-0.05, 0) is 19.1 Å². The highest BCUT2D eigenvalue weighted by atomic mass is 35.5. The van der Waals surface area contributed by atoms with E-state index in [1.54, 1.807) is 37.3 Å². The van der Waals surface area contributed by atoms with Gasteiger partial charge in [-0.15, -0.1) is 0 Å². The standard InChI is InChI=1S/C11H12ClNO2/c1-8(12)6-7-13-10-5-3-2-4-9(10)11(14)15/h2-6,13H,7H2,1H3,(H,14,15)/b8-6-. The maximum Gasteiger partial charge on any atom is 0.337 e. The molecule has 0 aliphatic rings. The Labute approximate surface area is 93.4 Å². The van der Waals surface area contributed by atoms with Crippen LogP contribution in [0, 0.1) is 0 Å². The second kappa shape index (κ2) is 5.41.